The normalized spacial score (nSPS) is 11.1. The Bertz CT molecular complexity index is 916. The summed E-state index contributed by atoms with van der Waals surface area (Å²) in [6, 6.07) is 15.9. The van der Waals surface area contributed by atoms with Gasteiger partial charge >= 0.3 is 0 Å². The highest BCUT2D eigenvalue weighted by Crippen LogP contribution is 2.35. The van der Waals surface area contributed by atoms with Crippen molar-refractivity contribution in [2.24, 2.45) is 0 Å². The summed E-state index contributed by atoms with van der Waals surface area (Å²) in [5.41, 5.74) is 1.77. The van der Waals surface area contributed by atoms with Gasteiger partial charge < -0.3 is 4.98 Å². The Hall–Kier alpha value is -2.24. The molecule has 0 aliphatic rings. The van der Waals surface area contributed by atoms with Crippen LogP contribution in [0.15, 0.2) is 70.7 Å². The predicted octanol–water partition coefficient (Wildman–Crippen LogP) is 4.55. The van der Waals surface area contributed by atoms with Crippen LogP contribution in [0.2, 0.25) is 5.02 Å². The highest BCUT2D eigenvalue weighted by molar-refractivity contribution is 7.99. The lowest BCUT2D eigenvalue weighted by molar-refractivity contribution is 0.829. The molecule has 0 bridgehead atoms. The molecule has 0 aliphatic carbocycles. The number of rotatable bonds is 3. The van der Waals surface area contributed by atoms with E-state index in [1.807, 2.05) is 42.6 Å². The fourth-order valence-corrected chi connectivity index (χ4v) is 3.35. The Morgan fingerprint density at radius 3 is 2.73 bits per heavy atom. The molecule has 2 aromatic heterocycles. The average molecular weight is 327 g/mol. The lowest BCUT2D eigenvalue weighted by atomic mass is 10.3. The van der Waals surface area contributed by atoms with E-state index in [1.165, 1.54) is 0 Å². The molecular formula is C16H11ClN4S. The highest BCUT2D eigenvalue weighted by Gasteiger charge is 2.10. The molecule has 2 heterocycles. The molecule has 0 fully saturated rings. The van der Waals surface area contributed by atoms with Gasteiger partial charge in [-0.2, -0.15) is 5.10 Å². The molecule has 0 amide bonds. The fourth-order valence-electron chi connectivity index (χ4n) is 2.19. The summed E-state index contributed by atoms with van der Waals surface area (Å²) >= 11 is 8.02. The summed E-state index contributed by atoms with van der Waals surface area (Å²) in [4.78, 5) is 9.93. The molecule has 0 unspecified atom stereocenters. The molecule has 2 aromatic carbocycles. The first-order valence-electron chi connectivity index (χ1n) is 6.72. The smallest absolute Gasteiger partial charge is 0.229 e. The van der Waals surface area contributed by atoms with Crippen LogP contribution in [-0.4, -0.2) is 19.7 Å². The number of H-pyrrole nitrogens is 1. The Morgan fingerprint density at radius 2 is 1.95 bits per heavy atom. The lowest BCUT2D eigenvalue weighted by Gasteiger charge is -2.03. The van der Waals surface area contributed by atoms with E-state index >= 15 is 0 Å². The van der Waals surface area contributed by atoms with Gasteiger partial charge in [-0.05, 0) is 30.3 Å². The molecule has 108 valence electrons. The van der Waals surface area contributed by atoms with Gasteiger partial charge in [0.1, 0.15) is 0 Å². The van der Waals surface area contributed by atoms with Gasteiger partial charge in [0.25, 0.3) is 0 Å². The second-order valence-corrected chi connectivity index (χ2v) is 6.25. The maximum atomic E-state index is 6.40. The largest absolute Gasteiger partial charge is 0.322 e. The monoisotopic (exact) mass is 326 g/mol. The van der Waals surface area contributed by atoms with Crippen molar-refractivity contribution in [1.29, 1.82) is 0 Å². The molecule has 0 saturated carbocycles. The third kappa shape index (κ3) is 2.49. The van der Waals surface area contributed by atoms with Crippen molar-refractivity contribution in [2.45, 2.75) is 9.79 Å². The molecule has 0 saturated heterocycles. The molecule has 1 N–H and O–H groups in total. The van der Waals surface area contributed by atoms with Crippen LogP contribution in [0.4, 0.5) is 0 Å². The van der Waals surface area contributed by atoms with Crippen LogP contribution >= 0.6 is 23.4 Å². The van der Waals surface area contributed by atoms with Crippen LogP contribution < -0.4 is 0 Å². The molecule has 4 aromatic rings. The minimum atomic E-state index is 0.679. The van der Waals surface area contributed by atoms with Crippen molar-refractivity contribution in [2.75, 3.05) is 0 Å². The number of imidazole rings is 1. The van der Waals surface area contributed by atoms with Crippen molar-refractivity contribution in [1.82, 2.24) is 19.7 Å². The fraction of sp³-hybridized carbons (Fsp3) is 0. The molecule has 6 heteroatoms. The summed E-state index contributed by atoms with van der Waals surface area (Å²) in [7, 11) is 0. The zero-order valence-corrected chi connectivity index (χ0v) is 13.0. The van der Waals surface area contributed by atoms with Crippen molar-refractivity contribution in [3.63, 3.8) is 0 Å². The number of hydrogen-bond acceptors (Lipinski definition) is 3. The van der Waals surface area contributed by atoms with E-state index in [0.717, 1.165) is 20.8 Å². The van der Waals surface area contributed by atoms with E-state index in [1.54, 1.807) is 22.6 Å². The molecule has 4 nitrogen and oxygen atoms in total. The second kappa shape index (κ2) is 5.51. The van der Waals surface area contributed by atoms with Crippen LogP contribution in [0.1, 0.15) is 0 Å². The number of benzene rings is 2. The topological polar surface area (TPSA) is 46.5 Å². The van der Waals surface area contributed by atoms with E-state index in [-0.39, 0.29) is 0 Å². The third-order valence-corrected chi connectivity index (χ3v) is 4.71. The average Bonchev–Trinajstić information content (AvgIpc) is 3.17. The van der Waals surface area contributed by atoms with Gasteiger partial charge in [0.15, 0.2) is 0 Å². The first-order chi connectivity index (χ1) is 10.8. The summed E-state index contributed by atoms with van der Waals surface area (Å²) in [6.45, 7) is 0. The Balaban J connectivity index is 1.76. The van der Waals surface area contributed by atoms with Crippen LogP contribution in [0.3, 0.4) is 0 Å². The summed E-state index contributed by atoms with van der Waals surface area (Å²) < 4.78 is 1.69. The van der Waals surface area contributed by atoms with Crippen molar-refractivity contribution >= 4 is 34.4 Å². The van der Waals surface area contributed by atoms with Crippen LogP contribution in [0.5, 0.6) is 0 Å². The third-order valence-electron chi connectivity index (χ3n) is 3.22. The van der Waals surface area contributed by atoms with Gasteiger partial charge in [-0.25, -0.2) is 9.67 Å². The Kier molecular flexibility index (Phi) is 3.36. The van der Waals surface area contributed by atoms with Crippen molar-refractivity contribution in [3.8, 4) is 5.95 Å². The van der Waals surface area contributed by atoms with E-state index in [2.05, 4.69) is 27.2 Å². The summed E-state index contributed by atoms with van der Waals surface area (Å²) in [5, 5.41) is 4.88. The number of fused-ring (bicyclic) bond motifs is 1. The Morgan fingerprint density at radius 1 is 1.09 bits per heavy atom. The van der Waals surface area contributed by atoms with Crippen LogP contribution in [-0.2, 0) is 0 Å². The lowest BCUT2D eigenvalue weighted by Crippen LogP contribution is -1.95. The predicted molar refractivity (Wildman–Crippen MR) is 88.8 cm³/mol. The number of aromatic amines is 1. The number of hydrogen-bond donors (Lipinski definition) is 1. The zero-order chi connectivity index (χ0) is 14.9. The number of nitrogens with zero attached hydrogens (tertiary/aromatic N) is 3. The molecule has 0 aliphatic heterocycles. The van der Waals surface area contributed by atoms with Crippen molar-refractivity contribution < 1.29 is 0 Å². The highest BCUT2D eigenvalue weighted by atomic mass is 35.5. The van der Waals surface area contributed by atoms with Gasteiger partial charge in [-0.3, -0.25) is 0 Å². The van der Waals surface area contributed by atoms with E-state index in [0.29, 0.717) is 11.0 Å². The van der Waals surface area contributed by atoms with E-state index in [9.17, 15) is 0 Å². The molecule has 4 rings (SSSR count). The van der Waals surface area contributed by atoms with Gasteiger partial charge in [0.2, 0.25) is 5.95 Å². The zero-order valence-electron chi connectivity index (χ0n) is 11.4. The molecule has 22 heavy (non-hydrogen) atoms. The Labute approximate surface area is 136 Å². The van der Waals surface area contributed by atoms with Gasteiger partial charge in [-0.1, -0.05) is 41.6 Å². The second-order valence-electron chi connectivity index (χ2n) is 4.73. The minimum absolute atomic E-state index is 0.679. The minimum Gasteiger partial charge on any atom is -0.322 e. The molecule has 0 atom stereocenters. The van der Waals surface area contributed by atoms with E-state index < -0.39 is 0 Å². The molecule has 0 radical (unpaired) electrons. The van der Waals surface area contributed by atoms with Crippen molar-refractivity contribution in [3.05, 3.63) is 65.9 Å². The van der Waals surface area contributed by atoms with Gasteiger partial charge in [0, 0.05) is 22.2 Å². The van der Waals surface area contributed by atoms with E-state index in [4.69, 9.17) is 11.6 Å². The van der Waals surface area contributed by atoms with Gasteiger partial charge in [0.05, 0.1) is 16.1 Å². The maximum absolute atomic E-state index is 6.40. The quantitative estimate of drug-likeness (QED) is 0.600. The summed E-state index contributed by atoms with van der Waals surface area (Å²) in [5.74, 6) is 0.679. The number of aromatic nitrogens is 4. The first kappa shape index (κ1) is 13.4. The molecular weight excluding hydrogens is 316 g/mol. The van der Waals surface area contributed by atoms with Gasteiger partial charge in [-0.15, -0.1) is 0 Å². The maximum Gasteiger partial charge on any atom is 0.229 e. The van der Waals surface area contributed by atoms with Crippen LogP contribution in [0.25, 0.3) is 17.0 Å². The number of halogens is 1. The van der Waals surface area contributed by atoms with Crippen LogP contribution in [0, 0.1) is 0 Å². The first-order valence-corrected chi connectivity index (χ1v) is 7.91. The summed E-state index contributed by atoms with van der Waals surface area (Å²) in [6.07, 6.45) is 3.57. The molecule has 0 spiro atoms. The standard InChI is InChI=1S/C16H11ClN4S/c17-12-9-13-14(20-16(19-13)21-8-4-7-18-21)10-15(12)22-11-5-2-1-3-6-11/h1-10H,(H,19,20). The number of nitrogens with one attached hydrogen (secondary N) is 1. The SMILES string of the molecule is Clc1cc2[nH]c(-n3cccn3)nc2cc1Sc1ccccc1.